The normalized spacial score (nSPS) is 15.0. The molecule has 0 saturated heterocycles. The Kier molecular flexibility index (Phi) is 6.47. The number of carboxylic acid groups (broad SMARTS) is 1. The molecule has 0 saturated carbocycles. The number of carboxylic acids is 1. The molecule has 0 unspecified atom stereocenters. The number of thiazole rings is 1. The van der Waals surface area contributed by atoms with Gasteiger partial charge >= 0.3 is 21.6 Å². The summed E-state index contributed by atoms with van der Waals surface area (Å²) in [5.41, 5.74) is -9.47. The molecule has 1 aromatic heterocycles. The van der Waals surface area contributed by atoms with Crippen LogP contribution in [0.1, 0.15) is 55.0 Å². The van der Waals surface area contributed by atoms with Crippen LogP contribution in [0.5, 0.6) is 5.75 Å². The molecule has 1 N–H and O–H groups in total. The standard InChI is InChI=1S/C18H20F3NO7S2/c1-6-17(15(24)25,29-16(3,4)5)12-9(2)7-10-14(30-11(8-23)22-10)13(12)28-31(26,27)18(19,20)21/h7-8H,6H2,1-5H3,(H,24,25)/t17-/m0/s1. The quantitative estimate of drug-likeness (QED) is 0.354. The number of aromatic nitrogens is 1. The molecule has 172 valence electrons. The molecular weight excluding hydrogens is 463 g/mol. The molecule has 0 aliphatic rings. The topological polar surface area (TPSA) is 120 Å². The lowest BCUT2D eigenvalue weighted by atomic mass is 9.85. The molecule has 0 bridgehead atoms. The van der Waals surface area contributed by atoms with Crippen LogP contribution in [0.2, 0.25) is 0 Å². The highest BCUT2D eigenvalue weighted by Gasteiger charge is 2.52. The van der Waals surface area contributed by atoms with E-state index in [-0.39, 0.29) is 27.2 Å². The van der Waals surface area contributed by atoms with E-state index >= 15 is 0 Å². The van der Waals surface area contributed by atoms with E-state index in [4.69, 9.17) is 4.74 Å². The number of benzene rings is 1. The predicted molar refractivity (Wildman–Crippen MR) is 106 cm³/mol. The van der Waals surface area contributed by atoms with Gasteiger partial charge in [0.1, 0.15) is 0 Å². The van der Waals surface area contributed by atoms with Crippen molar-refractivity contribution in [3.05, 3.63) is 22.2 Å². The van der Waals surface area contributed by atoms with Gasteiger partial charge in [0.25, 0.3) is 0 Å². The fourth-order valence-corrected chi connectivity index (χ4v) is 4.47. The summed E-state index contributed by atoms with van der Waals surface area (Å²) >= 11 is 0.570. The van der Waals surface area contributed by atoms with Crippen molar-refractivity contribution in [1.82, 2.24) is 4.98 Å². The smallest absolute Gasteiger partial charge is 0.479 e. The molecule has 8 nitrogen and oxygen atoms in total. The van der Waals surface area contributed by atoms with Crippen molar-refractivity contribution in [1.29, 1.82) is 0 Å². The van der Waals surface area contributed by atoms with E-state index in [0.29, 0.717) is 17.6 Å². The van der Waals surface area contributed by atoms with Crippen LogP contribution in [0.4, 0.5) is 13.2 Å². The number of nitrogens with zero attached hydrogens (tertiary/aromatic N) is 1. The minimum Gasteiger partial charge on any atom is -0.479 e. The number of halogens is 3. The summed E-state index contributed by atoms with van der Waals surface area (Å²) in [6.45, 7) is 7.41. The van der Waals surface area contributed by atoms with Gasteiger partial charge in [-0.15, -0.1) is 11.3 Å². The molecule has 1 atom stereocenters. The maximum absolute atomic E-state index is 13.1. The summed E-state index contributed by atoms with van der Waals surface area (Å²) < 4.78 is 73.1. The van der Waals surface area contributed by atoms with Gasteiger partial charge in [0, 0.05) is 5.56 Å². The molecule has 31 heavy (non-hydrogen) atoms. The van der Waals surface area contributed by atoms with E-state index < -0.39 is 44.1 Å². The van der Waals surface area contributed by atoms with E-state index in [1.807, 2.05) is 0 Å². The lowest BCUT2D eigenvalue weighted by molar-refractivity contribution is -0.189. The molecule has 0 spiro atoms. The summed E-state index contributed by atoms with van der Waals surface area (Å²) in [5, 5.41) is 9.89. The van der Waals surface area contributed by atoms with Crippen molar-refractivity contribution in [3.63, 3.8) is 0 Å². The zero-order chi connectivity index (χ0) is 24.0. The number of carbonyl (C=O) groups excluding carboxylic acids is 1. The first-order valence-electron chi connectivity index (χ1n) is 8.83. The van der Waals surface area contributed by atoms with Crippen molar-refractivity contribution in [2.45, 2.75) is 57.7 Å². The highest BCUT2D eigenvalue weighted by molar-refractivity contribution is 7.88. The number of ether oxygens (including phenoxy) is 1. The van der Waals surface area contributed by atoms with Crippen LogP contribution >= 0.6 is 11.3 Å². The van der Waals surface area contributed by atoms with Gasteiger partial charge in [-0.1, -0.05) is 6.92 Å². The SMILES string of the molecule is CC[C@@](OC(C)(C)C)(C(=O)O)c1c(C)cc2nc(C=O)sc2c1OS(=O)(=O)C(F)(F)F. The monoisotopic (exact) mass is 483 g/mol. The summed E-state index contributed by atoms with van der Waals surface area (Å²) in [7, 11) is -6.17. The number of hydrogen-bond donors (Lipinski definition) is 1. The third kappa shape index (κ3) is 4.67. The van der Waals surface area contributed by atoms with Gasteiger partial charge in [0.05, 0.1) is 15.8 Å². The van der Waals surface area contributed by atoms with Crippen molar-refractivity contribution in [3.8, 4) is 5.75 Å². The largest absolute Gasteiger partial charge is 0.534 e. The Morgan fingerprint density at radius 2 is 1.87 bits per heavy atom. The van der Waals surface area contributed by atoms with Crippen LogP contribution in [0.25, 0.3) is 10.2 Å². The van der Waals surface area contributed by atoms with Crippen LogP contribution in [-0.2, 0) is 25.3 Å². The molecule has 0 fully saturated rings. The van der Waals surface area contributed by atoms with Crippen LogP contribution in [-0.4, -0.2) is 41.9 Å². The number of alkyl halides is 3. The second-order valence-corrected chi connectivity index (χ2v) is 10.2. The zero-order valence-electron chi connectivity index (χ0n) is 17.2. The van der Waals surface area contributed by atoms with Crippen molar-refractivity contribution >= 4 is 43.9 Å². The van der Waals surface area contributed by atoms with Crippen LogP contribution in [0.3, 0.4) is 0 Å². The number of aryl methyl sites for hydroxylation is 1. The average Bonchev–Trinajstić information content (AvgIpc) is 3.01. The fraction of sp³-hybridized carbons (Fsp3) is 0.500. The predicted octanol–water partition coefficient (Wildman–Crippen LogP) is 4.15. The summed E-state index contributed by atoms with van der Waals surface area (Å²) in [6.07, 6.45) is 0.0609. The lowest BCUT2D eigenvalue weighted by Gasteiger charge is -2.37. The fourth-order valence-electron chi connectivity index (χ4n) is 3.09. The summed E-state index contributed by atoms with van der Waals surface area (Å²) in [6, 6.07) is 1.33. The Balaban J connectivity index is 3.03. The second-order valence-electron chi connectivity index (χ2n) is 7.60. The van der Waals surface area contributed by atoms with Crippen molar-refractivity contribution < 1.29 is 45.2 Å². The van der Waals surface area contributed by atoms with Gasteiger partial charge in [-0.2, -0.15) is 21.6 Å². The van der Waals surface area contributed by atoms with E-state index in [1.54, 1.807) is 20.8 Å². The van der Waals surface area contributed by atoms with Gasteiger partial charge in [-0.25, -0.2) is 9.78 Å². The van der Waals surface area contributed by atoms with Crippen molar-refractivity contribution in [2.24, 2.45) is 0 Å². The Bertz CT molecular complexity index is 1130. The van der Waals surface area contributed by atoms with E-state index in [0.717, 1.165) is 0 Å². The third-order valence-corrected chi connectivity index (χ3v) is 6.10. The number of fused-ring (bicyclic) bond motifs is 1. The van der Waals surface area contributed by atoms with Crippen LogP contribution in [0, 0.1) is 6.92 Å². The third-order valence-electron chi connectivity index (χ3n) is 4.16. The molecule has 0 amide bonds. The van der Waals surface area contributed by atoms with Crippen LogP contribution in [0.15, 0.2) is 6.07 Å². The van der Waals surface area contributed by atoms with Gasteiger partial charge in [0.15, 0.2) is 22.6 Å². The number of aldehydes is 1. The van der Waals surface area contributed by atoms with Crippen LogP contribution < -0.4 is 4.18 Å². The zero-order valence-corrected chi connectivity index (χ0v) is 18.8. The minimum atomic E-state index is -6.17. The Hall–Kier alpha value is -2.25. The van der Waals surface area contributed by atoms with E-state index in [9.17, 15) is 36.3 Å². The van der Waals surface area contributed by atoms with Gasteiger partial charge in [-0.3, -0.25) is 4.79 Å². The molecular formula is C18H20F3NO7S2. The average molecular weight is 483 g/mol. The Labute approximate surface area is 180 Å². The molecule has 2 aromatic rings. The maximum Gasteiger partial charge on any atom is 0.534 e. The first kappa shape index (κ1) is 25.0. The summed E-state index contributed by atoms with van der Waals surface area (Å²) in [5.74, 6) is -2.44. The van der Waals surface area contributed by atoms with Gasteiger partial charge < -0.3 is 14.0 Å². The number of carbonyl (C=O) groups is 2. The Morgan fingerprint density at radius 3 is 2.29 bits per heavy atom. The highest BCUT2D eigenvalue weighted by atomic mass is 32.2. The number of rotatable bonds is 7. The molecule has 1 heterocycles. The van der Waals surface area contributed by atoms with E-state index in [1.165, 1.54) is 19.9 Å². The first-order valence-corrected chi connectivity index (χ1v) is 11.1. The lowest BCUT2D eigenvalue weighted by Crippen LogP contribution is -2.45. The van der Waals surface area contributed by atoms with Gasteiger partial charge in [0.2, 0.25) is 0 Å². The maximum atomic E-state index is 13.1. The van der Waals surface area contributed by atoms with Crippen molar-refractivity contribution in [2.75, 3.05) is 0 Å². The first-order chi connectivity index (χ1) is 14.0. The van der Waals surface area contributed by atoms with Gasteiger partial charge in [-0.05, 0) is 45.7 Å². The molecule has 0 aliphatic heterocycles. The van der Waals surface area contributed by atoms with E-state index in [2.05, 4.69) is 9.17 Å². The molecule has 1 aromatic carbocycles. The molecule has 2 rings (SSSR count). The Morgan fingerprint density at radius 1 is 1.29 bits per heavy atom. The number of aliphatic carboxylic acids is 1. The number of hydrogen-bond acceptors (Lipinski definition) is 8. The minimum absolute atomic E-state index is 0.0214. The molecule has 0 aliphatic carbocycles. The molecule has 13 heteroatoms. The summed E-state index contributed by atoms with van der Waals surface area (Å²) in [4.78, 5) is 27.4. The highest BCUT2D eigenvalue weighted by Crippen LogP contribution is 2.47. The molecule has 0 radical (unpaired) electrons. The second kappa shape index (κ2) is 8.02.